The van der Waals surface area contributed by atoms with E-state index in [-0.39, 0.29) is 12.3 Å². The predicted molar refractivity (Wildman–Crippen MR) is 94.8 cm³/mol. The molecule has 0 aliphatic heterocycles. The van der Waals surface area contributed by atoms with E-state index in [1.807, 2.05) is 36.4 Å². The van der Waals surface area contributed by atoms with Crippen molar-refractivity contribution >= 4 is 55.8 Å². The molecular formula is C16H12Cl2N2O2S. The SMILES string of the molecule is O=C(CCOc1ccccc1)Nc1nc2c(Cl)c(Cl)ccc2s1. The maximum atomic E-state index is 11.9. The summed E-state index contributed by atoms with van der Waals surface area (Å²) in [6.45, 7) is 0.299. The van der Waals surface area contributed by atoms with Crippen LogP contribution in [0.2, 0.25) is 10.0 Å². The number of carbonyl (C=O) groups excluding carboxylic acids is 1. The lowest BCUT2D eigenvalue weighted by atomic mass is 10.3. The number of halogens is 2. The predicted octanol–water partition coefficient (Wildman–Crippen LogP) is 5.01. The summed E-state index contributed by atoms with van der Waals surface area (Å²) in [7, 11) is 0. The average Bonchev–Trinajstić information content (AvgIpc) is 2.95. The highest BCUT2D eigenvalue weighted by molar-refractivity contribution is 7.22. The molecule has 1 amide bonds. The van der Waals surface area contributed by atoms with E-state index in [1.54, 1.807) is 6.07 Å². The molecule has 118 valence electrons. The monoisotopic (exact) mass is 366 g/mol. The van der Waals surface area contributed by atoms with Crippen molar-refractivity contribution in [3.63, 3.8) is 0 Å². The molecule has 0 unspecified atom stereocenters. The van der Waals surface area contributed by atoms with Gasteiger partial charge < -0.3 is 10.1 Å². The fourth-order valence-corrected chi connectivity index (χ4v) is 3.26. The maximum Gasteiger partial charge on any atom is 0.229 e. The molecule has 0 saturated carbocycles. The van der Waals surface area contributed by atoms with Gasteiger partial charge in [-0.1, -0.05) is 52.7 Å². The van der Waals surface area contributed by atoms with Crippen molar-refractivity contribution in [2.45, 2.75) is 6.42 Å². The van der Waals surface area contributed by atoms with Gasteiger partial charge in [0.2, 0.25) is 5.91 Å². The fraction of sp³-hybridized carbons (Fsp3) is 0.125. The second-order valence-corrected chi connectivity index (χ2v) is 6.50. The lowest BCUT2D eigenvalue weighted by Crippen LogP contribution is -2.14. The van der Waals surface area contributed by atoms with Crippen LogP contribution < -0.4 is 10.1 Å². The normalized spacial score (nSPS) is 10.7. The summed E-state index contributed by atoms with van der Waals surface area (Å²) in [5, 5.41) is 4.09. The Hall–Kier alpha value is -1.82. The maximum absolute atomic E-state index is 11.9. The van der Waals surface area contributed by atoms with Crippen LogP contribution in [0.25, 0.3) is 10.2 Å². The zero-order valence-electron chi connectivity index (χ0n) is 11.9. The van der Waals surface area contributed by atoms with Gasteiger partial charge in [0.25, 0.3) is 0 Å². The Morgan fingerprint density at radius 1 is 1.17 bits per heavy atom. The first kappa shape index (κ1) is 16.1. The third-order valence-corrected chi connectivity index (χ3v) is 4.77. The van der Waals surface area contributed by atoms with Gasteiger partial charge in [0.1, 0.15) is 11.3 Å². The van der Waals surface area contributed by atoms with Crippen LogP contribution in [0, 0.1) is 0 Å². The Kier molecular flexibility index (Phi) is 5.00. The van der Waals surface area contributed by atoms with Crippen molar-refractivity contribution in [2.75, 3.05) is 11.9 Å². The van der Waals surface area contributed by atoms with E-state index in [2.05, 4.69) is 10.3 Å². The molecule has 0 radical (unpaired) electrons. The Morgan fingerprint density at radius 2 is 1.96 bits per heavy atom. The molecule has 0 bridgehead atoms. The highest BCUT2D eigenvalue weighted by atomic mass is 35.5. The molecule has 3 aromatic rings. The van der Waals surface area contributed by atoms with Crippen molar-refractivity contribution in [1.29, 1.82) is 0 Å². The molecule has 0 aliphatic carbocycles. The van der Waals surface area contributed by atoms with Gasteiger partial charge in [-0.05, 0) is 24.3 Å². The second kappa shape index (κ2) is 7.17. The summed E-state index contributed by atoms with van der Waals surface area (Å²) < 4.78 is 6.36. The van der Waals surface area contributed by atoms with Crippen molar-refractivity contribution in [2.24, 2.45) is 0 Å². The van der Waals surface area contributed by atoms with Crippen LogP contribution in [-0.4, -0.2) is 17.5 Å². The number of aromatic nitrogens is 1. The molecule has 7 heteroatoms. The third-order valence-electron chi connectivity index (χ3n) is 3.04. The molecule has 0 spiro atoms. The molecule has 0 atom stereocenters. The summed E-state index contributed by atoms with van der Waals surface area (Å²) in [5.74, 6) is 0.573. The molecule has 4 nitrogen and oxygen atoms in total. The van der Waals surface area contributed by atoms with Gasteiger partial charge in [-0.15, -0.1) is 0 Å². The Morgan fingerprint density at radius 3 is 2.74 bits per heavy atom. The van der Waals surface area contributed by atoms with Gasteiger partial charge in [-0.3, -0.25) is 4.79 Å². The molecular weight excluding hydrogens is 355 g/mol. The standard InChI is InChI=1S/C16H12Cl2N2O2S/c17-11-6-7-12-15(14(11)18)20-16(23-12)19-13(21)8-9-22-10-4-2-1-3-5-10/h1-7H,8-9H2,(H,19,20,21). The summed E-state index contributed by atoms with van der Waals surface area (Å²) in [6.07, 6.45) is 0.235. The van der Waals surface area contributed by atoms with Crippen LogP contribution in [0.15, 0.2) is 42.5 Å². The molecule has 2 aromatic carbocycles. The molecule has 0 fully saturated rings. The van der Waals surface area contributed by atoms with Crippen LogP contribution >= 0.6 is 34.5 Å². The molecule has 0 aliphatic rings. The summed E-state index contributed by atoms with van der Waals surface area (Å²) in [4.78, 5) is 16.3. The van der Waals surface area contributed by atoms with Crippen molar-refractivity contribution in [1.82, 2.24) is 4.98 Å². The largest absolute Gasteiger partial charge is 0.493 e. The first-order valence-corrected chi connectivity index (χ1v) is 8.43. The minimum Gasteiger partial charge on any atom is -0.493 e. The Balaban J connectivity index is 1.58. The van der Waals surface area contributed by atoms with E-state index < -0.39 is 0 Å². The van der Waals surface area contributed by atoms with Crippen LogP contribution in [0.3, 0.4) is 0 Å². The third kappa shape index (κ3) is 3.93. The van der Waals surface area contributed by atoms with Crippen LogP contribution in [0.4, 0.5) is 5.13 Å². The Labute approximate surface area is 147 Å². The number of thiazole rings is 1. The van der Waals surface area contributed by atoms with E-state index in [4.69, 9.17) is 27.9 Å². The van der Waals surface area contributed by atoms with Crippen molar-refractivity contribution in [3.05, 3.63) is 52.5 Å². The van der Waals surface area contributed by atoms with E-state index in [0.717, 1.165) is 10.4 Å². The van der Waals surface area contributed by atoms with Crippen molar-refractivity contribution in [3.8, 4) is 5.75 Å². The van der Waals surface area contributed by atoms with Crippen molar-refractivity contribution < 1.29 is 9.53 Å². The zero-order valence-corrected chi connectivity index (χ0v) is 14.2. The molecule has 3 rings (SSSR count). The minimum atomic E-state index is -0.165. The number of para-hydroxylation sites is 1. The number of hydrogen-bond acceptors (Lipinski definition) is 4. The zero-order chi connectivity index (χ0) is 16.2. The number of nitrogens with one attached hydrogen (secondary N) is 1. The average molecular weight is 367 g/mol. The summed E-state index contributed by atoms with van der Waals surface area (Å²) in [5.41, 5.74) is 0.597. The van der Waals surface area contributed by atoms with Gasteiger partial charge >= 0.3 is 0 Å². The van der Waals surface area contributed by atoms with Crippen LogP contribution in [-0.2, 0) is 4.79 Å². The number of rotatable bonds is 5. The van der Waals surface area contributed by atoms with E-state index in [1.165, 1.54) is 11.3 Å². The Bertz CT molecular complexity index is 837. The van der Waals surface area contributed by atoms with Crippen LogP contribution in [0.5, 0.6) is 5.75 Å². The van der Waals surface area contributed by atoms with Crippen LogP contribution in [0.1, 0.15) is 6.42 Å². The highest BCUT2D eigenvalue weighted by Gasteiger charge is 2.12. The van der Waals surface area contributed by atoms with Gasteiger partial charge in [0.15, 0.2) is 5.13 Å². The fourth-order valence-electron chi connectivity index (χ4n) is 1.95. The lowest BCUT2D eigenvalue weighted by molar-refractivity contribution is -0.116. The summed E-state index contributed by atoms with van der Waals surface area (Å²) in [6, 6.07) is 12.9. The smallest absolute Gasteiger partial charge is 0.229 e. The van der Waals surface area contributed by atoms with E-state index in [0.29, 0.717) is 27.3 Å². The lowest BCUT2D eigenvalue weighted by Gasteiger charge is -2.05. The topological polar surface area (TPSA) is 51.2 Å². The number of hydrogen-bond donors (Lipinski definition) is 1. The molecule has 1 aromatic heterocycles. The number of nitrogens with zero attached hydrogens (tertiary/aromatic N) is 1. The van der Waals surface area contributed by atoms with Gasteiger partial charge in [-0.2, -0.15) is 0 Å². The summed E-state index contributed by atoms with van der Waals surface area (Å²) >= 11 is 13.4. The van der Waals surface area contributed by atoms with Gasteiger partial charge in [-0.25, -0.2) is 4.98 Å². The minimum absolute atomic E-state index is 0.165. The first-order valence-electron chi connectivity index (χ1n) is 6.86. The van der Waals surface area contributed by atoms with E-state index in [9.17, 15) is 4.79 Å². The molecule has 23 heavy (non-hydrogen) atoms. The highest BCUT2D eigenvalue weighted by Crippen LogP contribution is 2.35. The number of ether oxygens (including phenoxy) is 1. The molecule has 1 heterocycles. The molecule has 0 saturated heterocycles. The van der Waals surface area contributed by atoms with Gasteiger partial charge in [0.05, 0.1) is 27.8 Å². The quantitative estimate of drug-likeness (QED) is 0.690. The first-order chi connectivity index (χ1) is 11.1. The second-order valence-electron chi connectivity index (χ2n) is 4.69. The van der Waals surface area contributed by atoms with E-state index >= 15 is 0 Å². The number of fused-ring (bicyclic) bond motifs is 1. The number of amides is 1. The molecule has 1 N–H and O–H groups in total. The number of benzene rings is 2. The number of anilines is 1. The van der Waals surface area contributed by atoms with Gasteiger partial charge in [0, 0.05) is 0 Å². The number of carbonyl (C=O) groups is 1.